The van der Waals surface area contributed by atoms with E-state index in [2.05, 4.69) is 26.6 Å². The van der Waals surface area contributed by atoms with Gasteiger partial charge in [0.15, 0.2) is 0 Å². The summed E-state index contributed by atoms with van der Waals surface area (Å²) in [5, 5.41) is 14.5. The topological polar surface area (TPSA) is 95.5 Å². The van der Waals surface area contributed by atoms with Crippen LogP contribution in [-0.2, 0) is 14.4 Å². The largest absolute Gasteiger partial charge is 0.481 e. The molecule has 0 aliphatic heterocycles. The van der Waals surface area contributed by atoms with E-state index in [4.69, 9.17) is 5.11 Å². The van der Waals surface area contributed by atoms with E-state index < -0.39 is 12.0 Å². The quantitative estimate of drug-likeness (QED) is 0.595. The molecule has 24 heavy (non-hydrogen) atoms. The standard InChI is InChI=1S/C17H23BrN2O4/c1-11(2)19-15(21)4-3-5-16(22)20-14(10-17(23)24)12-6-8-13(18)9-7-12/h6-9,11,14H,3-5,10H2,1-2H3,(H,19,21)(H,20,22)(H,23,24). The molecule has 0 saturated heterocycles. The van der Waals surface area contributed by atoms with Gasteiger partial charge in [0.25, 0.3) is 0 Å². The highest BCUT2D eigenvalue weighted by Crippen LogP contribution is 2.20. The average molecular weight is 399 g/mol. The first-order chi connectivity index (χ1) is 11.3. The highest BCUT2D eigenvalue weighted by atomic mass is 79.9. The van der Waals surface area contributed by atoms with Gasteiger partial charge in [0.05, 0.1) is 12.5 Å². The molecular weight excluding hydrogens is 376 g/mol. The van der Waals surface area contributed by atoms with Gasteiger partial charge in [-0.25, -0.2) is 0 Å². The number of carbonyl (C=O) groups excluding carboxylic acids is 2. The van der Waals surface area contributed by atoms with E-state index in [1.165, 1.54) is 0 Å². The van der Waals surface area contributed by atoms with Crippen LogP contribution in [0.1, 0.15) is 51.1 Å². The molecule has 0 heterocycles. The van der Waals surface area contributed by atoms with Gasteiger partial charge < -0.3 is 15.7 Å². The summed E-state index contributed by atoms with van der Waals surface area (Å²) < 4.78 is 0.878. The number of carboxylic acid groups (broad SMARTS) is 1. The van der Waals surface area contributed by atoms with Crippen LogP contribution in [0.3, 0.4) is 0 Å². The molecule has 0 aliphatic carbocycles. The van der Waals surface area contributed by atoms with Crippen LogP contribution in [0, 0.1) is 0 Å². The summed E-state index contributed by atoms with van der Waals surface area (Å²) in [5.41, 5.74) is 0.728. The Morgan fingerprint density at radius 1 is 1.04 bits per heavy atom. The number of amides is 2. The first kappa shape index (κ1) is 20.2. The molecule has 0 fully saturated rings. The van der Waals surface area contributed by atoms with Crippen LogP contribution in [0.25, 0.3) is 0 Å². The molecule has 0 spiro atoms. The van der Waals surface area contributed by atoms with Crippen molar-refractivity contribution in [2.75, 3.05) is 0 Å². The maximum atomic E-state index is 12.0. The second kappa shape index (κ2) is 10.1. The number of halogens is 1. The smallest absolute Gasteiger partial charge is 0.305 e. The van der Waals surface area contributed by atoms with E-state index in [9.17, 15) is 14.4 Å². The molecule has 0 aliphatic rings. The number of rotatable bonds is 9. The Morgan fingerprint density at radius 2 is 1.58 bits per heavy atom. The zero-order valence-electron chi connectivity index (χ0n) is 13.8. The van der Waals surface area contributed by atoms with Crippen molar-refractivity contribution >= 4 is 33.7 Å². The number of hydrogen-bond donors (Lipinski definition) is 3. The molecule has 0 aromatic heterocycles. The van der Waals surface area contributed by atoms with Crippen molar-refractivity contribution < 1.29 is 19.5 Å². The zero-order valence-corrected chi connectivity index (χ0v) is 15.4. The molecule has 0 radical (unpaired) electrons. The highest BCUT2D eigenvalue weighted by molar-refractivity contribution is 9.10. The SMILES string of the molecule is CC(C)NC(=O)CCCC(=O)NC(CC(=O)O)c1ccc(Br)cc1. The van der Waals surface area contributed by atoms with E-state index >= 15 is 0 Å². The predicted octanol–water partition coefficient (Wildman–Crippen LogP) is 2.78. The molecule has 1 aromatic rings. The molecule has 132 valence electrons. The van der Waals surface area contributed by atoms with Crippen molar-refractivity contribution in [1.29, 1.82) is 0 Å². The Labute approximate surface area is 150 Å². The Kier molecular flexibility index (Phi) is 8.46. The minimum Gasteiger partial charge on any atom is -0.481 e. The Balaban J connectivity index is 2.54. The molecular formula is C17H23BrN2O4. The predicted molar refractivity (Wildman–Crippen MR) is 94.4 cm³/mol. The summed E-state index contributed by atoms with van der Waals surface area (Å²) in [4.78, 5) is 34.6. The molecule has 1 atom stereocenters. The molecule has 1 unspecified atom stereocenters. The van der Waals surface area contributed by atoms with Gasteiger partial charge in [-0.05, 0) is 38.0 Å². The fourth-order valence-corrected chi connectivity index (χ4v) is 2.46. The van der Waals surface area contributed by atoms with E-state index in [-0.39, 0.29) is 37.1 Å². The van der Waals surface area contributed by atoms with Crippen LogP contribution in [0.15, 0.2) is 28.7 Å². The summed E-state index contributed by atoms with van der Waals surface area (Å²) in [6, 6.07) is 6.62. The Morgan fingerprint density at radius 3 is 2.08 bits per heavy atom. The zero-order chi connectivity index (χ0) is 18.1. The molecule has 7 heteroatoms. The van der Waals surface area contributed by atoms with Crippen LogP contribution in [-0.4, -0.2) is 28.9 Å². The molecule has 0 bridgehead atoms. The first-order valence-corrected chi connectivity index (χ1v) is 8.63. The molecule has 1 aromatic carbocycles. The van der Waals surface area contributed by atoms with E-state index in [0.717, 1.165) is 10.0 Å². The van der Waals surface area contributed by atoms with Gasteiger partial charge in [0.1, 0.15) is 0 Å². The second-order valence-corrected chi connectivity index (χ2v) is 6.76. The third-order valence-electron chi connectivity index (χ3n) is 3.24. The van der Waals surface area contributed by atoms with Crippen LogP contribution >= 0.6 is 15.9 Å². The lowest BCUT2D eigenvalue weighted by molar-refractivity contribution is -0.137. The lowest BCUT2D eigenvalue weighted by Gasteiger charge is -2.17. The molecule has 3 N–H and O–H groups in total. The Bertz CT molecular complexity index is 572. The van der Waals surface area contributed by atoms with E-state index in [0.29, 0.717) is 6.42 Å². The fraction of sp³-hybridized carbons (Fsp3) is 0.471. The summed E-state index contributed by atoms with van der Waals surface area (Å²) in [6.07, 6.45) is 0.678. The number of nitrogens with one attached hydrogen (secondary N) is 2. The number of benzene rings is 1. The van der Waals surface area contributed by atoms with Gasteiger partial charge in [-0.2, -0.15) is 0 Å². The lowest BCUT2D eigenvalue weighted by Crippen LogP contribution is -2.31. The maximum Gasteiger partial charge on any atom is 0.305 e. The highest BCUT2D eigenvalue weighted by Gasteiger charge is 2.18. The summed E-state index contributed by atoms with van der Waals surface area (Å²) in [7, 11) is 0. The van der Waals surface area contributed by atoms with Gasteiger partial charge >= 0.3 is 5.97 Å². The van der Waals surface area contributed by atoms with Crippen LogP contribution in [0.4, 0.5) is 0 Å². The molecule has 6 nitrogen and oxygen atoms in total. The van der Waals surface area contributed by atoms with Gasteiger partial charge in [0.2, 0.25) is 11.8 Å². The lowest BCUT2D eigenvalue weighted by atomic mass is 10.0. The number of aliphatic carboxylic acids is 1. The summed E-state index contributed by atoms with van der Waals surface area (Å²) >= 11 is 3.32. The molecule has 0 saturated carbocycles. The average Bonchev–Trinajstić information content (AvgIpc) is 2.46. The van der Waals surface area contributed by atoms with Crippen molar-refractivity contribution in [3.05, 3.63) is 34.3 Å². The van der Waals surface area contributed by atoms with Crippen LogP contribution in [0.2, 0.25) is 0 Å². The Hall–Kier alpha value is -1.89. The maximum absolute atomic E-state index is 12.0. The third kappa shape index (κ3) is 8.10. The normalized spacial score (nSPS) is 11.8. The minimum absolute atomic E-state index is 0.0729. The summed E-state index contributed by atoms with van der Waals surface area (Å²) in [5.74, 6) is -1.34. The van der Waals surface area contributed by atoms with Gasteiger partial charge in [-0.3, -0.25) is 14.4 Å². The van der Waals surface area contributed by atoms with Gasteiger partial charge in [0, 0.05) is 23.4 Å². The monoisotopic (exact) mass is 398 g/mol. The minimum atomic E-state index is -0.987. The fourth-order valence-electron chi connectivity index (χ4n) is 2.19. The van der Waals surface area contributed by atoms with Crippen molar-refractivity contribution in [3.63, 3.8) is 0 Å². The van der Waals surface area contributed by atoms with E-state index in [1.54, 1.807) is 24.3 Å². The summed E-state index contributed by atoms with van der Waals surface area (Å²) in [6.45, 7) is 3.75. The third-order valence-corrected chi connectivity index (χ3v) is 3.77. The molecule has 2 amide bonds. The van der Waals surface area contributed by atoms with Crippen LogP contribution < -0.4 is 10.6 Å². The van der Waals surface area contributed by atoms with Crippen molar-refractivity contribution in [2.45, 2.75) is 51.6 Å². The van der Waals surface area contributed by atoms with Crippen molar-refractivity contribution in [2.24, 2.45) is 0 Å². The van der Waals surface area contributed by atoms with Crippen molar-refractivity contribution in [3.8, 4) is 0 Å². The number of hydrogen-bond acceptors (Lipinski definition) is 3. The number of carboxylic acids is 1. The van der Waals surface area contributed by atoms with Gasteiger partial charge in [-0.15, -0.1) is 0 Å². The number of carbonyl (C=O) groups is 3. The van der Waals surface area contributed by atoms with Gasteiger partial charge in [-0.1, -0.05) is 28.1 Å². The van der Waals surface area contributed by atoms with E-state index in [1.807, 2.05) is 13.8 Å². The van der Waals surface area contributed by atoms with Crippen molar-refractivity contribution in [1.82, 2.24) is 10.6 Å². The van der Waals surface area contributed by atoms with Crippen LogP contribution in [0.5, 0.6) is 0 Å². The molecule has 1 rings (SSSR count). The second-order valence-electron chi connectivity index (χ2n) is 5.85. The first-order valence-electron chi connectivity index (χ1n) is 7.84.